The first-order valence-corrected chi connectivity index (χ1v) is 22.8. The minimum absolute atomic E-state index is 0.0138. The van der Waals surface area contributed by atoms with Gasteiger partial charge in [0.25, 0.3) is 5.91 Å². The maximum absolute atomic E-state index is 15.1. The first-order valence-electron chi connectivity index (χ1n) is 21.3. The van der Waals surface area contributed by atoms with Crippen molar-refractivity contribution in [1.29, 1.82) is 0 Å². The van der Waals surface area contributed by atoms with Gasteiger partial charge in [0.2, 0.25) is 27.7 Å². The average Bonchev–Trinajstić information content (AvgIpc) is 4.17. The predicted octanol–water partition coefficient (Wildman–Crippen LogP) is 4.21. The monoisotopic (exact) mass is 832 g/mol. The van der Waals surface area contributed by atoms with Gasteiger partial charge in [-0.25, -0.2) is 18.2 Å². The Kier molecular flexibility index (Phi) is 11.9. The van der Waals surface area contributed by atoms with Gasteiger partial charge in [-0.05, 0) is 81.9 Å². The van der Waals surface area contributed by atoms with Crippen LogP contribution in [0.4, 0.5) is 4.79 Å². The fourth-order valence-electron chi connectivity index (χ4n) is 9.18. The third-order valence-electron chi connectivity index (χ3n) is 13.0. The molecule has 3 saturated carbocycles. The molecule has 9 rings (SSSR count). The summed E-state index contributed by atoms with van der Waals surface area (Å²) in [4.78, 5) is 65.4. The van der Waals surface area contributed by atoms with E-state index in [9.17, 15) is 22.8 Å². The highest BCUT2D eigenvalue weighted by Crippen LogP contribution is 2.46. The number of hydrogen-bond acceptors (Lipinski definition) is 10. The van der Waals surface area contributed by atoms with Gasteiger partial charge in [0.1, 0.15) is 29.5 Å². The molecule has 59 heavy (non-hydrogen) atoms. The van der Waals surface area contributed by atoms with Crippen LogP contribution in [0.3, 0.4) is 0 Å². The second-order valence-corrected chi connectivity index (χ2v) is 19.0. The van der Waals surface area contributed by atoms with E-state index in [0.29, 0.717) is 62.5 Å². The van der Waals surface area contributed by atoms with Gasteiger partial charge in [-0.3, -0.25) is 19.1 Å². The maximum atomic E-state index is 15.1. The van der Waals surface area contributed by atoms with Crippen molar-refractivity contribution in [3.63, 3.8) is 0 Å². The van der Waals surface area contributed by atoms with Crippen LogP contribution in [0.5, 0.6) is 11.6 Å². The van der Waals surface area contributed by atoms with Crippen molar-refractivity contribution in [2.75, 3.05) is 33.4 Å². The third-order valence-corrected chi connectivity index (χ3v) is 14.8. The smallest absolute Gasteiger partial charge is 0.318 e. The van der Waals surface area contributed by atoms with E-state index >= 15 is 4.79 Å². The fourth-order valence-corrected chi connectivity index (χ4v) is 10.5. The molecule has 3 aliphatic carbocycles. The Balaban J connectivity index is 1.14. The summed E-state index contributed by atoms with van der Waals surface area (Å²) in [5.74, 6) is -1.53. The van der Waals surface area contributed by atoms with Gasteiger partial charge in [0, 0.05) is 49.1 Å². The van der Waals surface area contributed by atoms with E-state index in [-0.39, 0.29) is 37.4 Å². The Morgan fingerprint density at radius 2 is 1.81 bits per heavy atom. The molecule has 3 N–H and O–H groups in total. The summed E-state index contributed by atoms with van der Waals surface area (Å²) < 4.78 is 46.3. The number of benzene rings is 1. The van der Waals surface area contributed by atoms with Gasteiger partial charge in [0.05, 0.1) is 30.5 Å². The van der Waals surface area contributed by atoms with E-state index in [2.05, 4.69) is 28.0 Å². The molecule has 5 amide bonds. The van der Waals surface area contributed by atoms with Crippen LogP contribution in [0, 0.1) is 11.8 Å². The molecule has 0 radical (unpaired) electrons. The number of ether oxygens (including phenoxy) is 3. The summed E-state index contributed by atoms with van der Waals surface area (Å²) in [5, 5.41) is 6.24. The summed E-state index contributed by atoms with van der Waals surface area (Å²) in [6.45, 7) is 5.44. The number of pyridine rings is 1. The van der Waals surface area contributed by atoms with Crippen molar-refractivity contribution in [3.05, 3.63) is 48.6 Å². The number of rotatable bonds is 8. The van der Waals surface area contributed by atoms with Crippen molar-refractivity contribution in [3.8, 4) is 11.6 Å². The maximum Gasteiger partial charge on any atom is 0.318 e. The Morgan fingerprint density at radius 1 is 1.03 bits per heavy atom. The van der Waals surface area contributed by atoms with E-state index in [1.807, 2.05) is 30.3 Å². The van der Waals surface area contributed by atoms with Crippen molar-refractivity contribution < 1.29 is 41.8 Å². The second-order valence-electron chi connectivity index (χ2n) is 17.0. The van der Waals surface area contributed by atoms with E-state index in [4.69, 9.17) is 19.2 Å². The second kappa shape index (κ2) is 17.1. The zero-order chi connectivity index (χ0) is 41.3. The van der Waals surface area contributed by atoms with Gasteiger partial charge in [-0.1, -0.05) is 37.5 Å². The molecule has 16 heteroatoms. The topological polar surface area (TPSA) is 186 Å². The lowest BCUT2D eigenvalue weighted by Gasteiger charge is -2.37. The predicted molar refractivity (Wildman–Crippen MR) is 220 cm³/mol. The SMILES string of the molecule is C=C[C@H]1C[C@]1(NC(=O)[C@@H]1C[C@@H]2CN1C(=O)[C@H](C1CCCCC1)NC(=O)N1CCC(CC1)OCCC/C=C/c1cc3ccc(OC)cc3nc1O2)C(=O)NS(=O)(=O)C1CC1. The largest absolute Gasteiger partial charge is 0.497 e. The Morgan fingerprint density at radius 3 is 2.53 bits per heavy atom. The summed E-state index contributed by atoms with van der Waals surface area (Å²) in [5.41, 5.74) is -0.173. The van der Waals surface area contributed by atoms with Crippen LogP contribution < -0.4 is 24.8 Å². The van der Waals surface area contributed by atoms with Crippen molar-refractivity contribution in [1.82, 2.24) is 30.1 Å². The highest BCUT2D eigenvalue weighted by atomic mass is 32.2. The molecule has 1 aromatic heterocycles. The molecule has 7 aliphatic rings. The number of amides is 5. The van der Waals surface area contributed by atoms with Crippen molar-refractivity contribution in [2.45, 2.75) is 119 Å². The lowest BCUT2D eigenvalue weighted by Crippen LogP contribution is -2.60. The lowest BCUT2D eigenvalue weighted by molar-refractivity contribution is -0.142. The Bertz CT molecular complexity index is 2090. The molecule has 0 unspecified atom stereocenters. The highest BCUT2D eigenvalue weighted by molar-refractivity contribution is 7.91. The Hall–Kier alpha value is -4.70. The summed E-state index contributed by atoms with van der Waals surface area (Å²) >= 11 is 0. The number of urea groups is 1. The van der Waals surface area contributed by atoms with Gasteiger partial charge >= 0.3 is 6.03 Å². The number of nitrogens with one attached hydrogen (secondary N) is 3. The summed E-state index contributed by atoms with van der Waals surface area (Å²) in [7, 11) is -2.32. The van der Waals surface area contributed by atoms with Crippen LogP contribution in [0.15, 0.2) is 43.0 Å². The van der Waals surface area contributed by atoms with Gasteiger partial charge in [-0.15, -0.1) is 6.58 Å². The molecule has 4 bridgehead atoms. The number of piperidine rings is 1. The number of aromatic nitrogens is 1. The normalized spacial score (nSPS) is 30.1. The zero-order valence-corrected chi connectivity index (χ0v) is 34.6. The minimum Gasteiger partial charge on any atom is -0.497 e. The zero-order valence-electron chi connectivity index (χ0n) is 33.7. The van der Waals surface area contributed by atoms with Crippen LogP contribution >= 0.6 is 0 Å². The third kappa shape index (κ3) is 8.93. The van der Waals surface area contributed by atoms with Crippen LogP contribution in [0.25, 0.3) is 17.0 Å². The number of sulfonamides is 1. The highest BCUT2D eigenvalue weighted by Gasteiger charge is 2.62. The number of methoxy groups -OCH3 is 1. The summed E-state index contributed by atoms with van der Waals surface area (Å²) in [6, 6.07) is 5.28. The first kappa shape index (κ1) is 41.1. The van der Waals surface area contributed by atoms with Gasteiger partial charge in [-0.2, -0.15) is 0 Å². The minimum atomic E-state index is -3.90. The standard InChI is InChI=1S/C43H56N6O9S/c1-3-30-25-43(30,41(52)47-59(54,55)34-15-16-34)46-38(50)36-24-33-26-49(36)40(51)37(27-10-6-4-7-11-27)45-42(53)48-19-17-31(18-20-48)57-21-9-5-8-12-29-22-28-13-14-32(56-2)23-35(28)44-39(29)58-33/h3,8,12-14,22-23,27,30-31,33-34,36-37H,1,4-7,9-11,15-21,24-26H2,2H3,(H,45,53)(H,46,50)(H,47,52)/b12-8+/t30-,33+,36-,37-,43+/m0/s1. The van der Waals surface area contributed by atoms with Gasteiger partial charge in [0.15, 0.2) is 0 Å². The molecule has 15 nitrogen and oxygen atoms in total. The molecular formula is C43H56N6O9S. The average molecular weight is 833 g/mol. The van der Waals surface area contributed by atoms with Crippen molar-refractivity contribution >= 4 is 50.8 Å². The van der Waals surface area contributed by atoms with E-state index in [1.54, 1.807) is 12.0 Å². The van der Waals surface area contributed by atoms with Crippen molar-refractivity contribution in [2.24, 2.45) is 11.8 Å². The van der Waals surface area contributed by atoms with Gasteiger partial charge < -0.3 is 34.6 Å². The van der Waals surface area contributed by atoms with Crippen LogP contribution in [0.2, 0.25) is 0 Å². The quantitative estimate of drug-likeness (QED) is 0.326. The molecule has 5 atom stereocenters. The van der Waals surface area contributed by atoms with E-state index < -0.39 is 62.6 Å². The number of fused-ring (bicyclic) bond motifs is 10. The van der Waals surface area contributed by atoms with Crippen LogP contribution in [-0.2, 0) is 29.1 Å². The number of nitrogens with zero attached hydrogens (tertiary/aromatic N) is 3. The molecule has 1 aromatic carbocycles. The number of carbonyl (C=O) groups excluding carboxylic acids is 4. The molecule has 5 fully saturated rings. The van der Waals surface area contributed by atoms with Crippen LogP contribution in [0.1, 0.15) is 89.0 Å². The number of allylic oxidation sites excluding steroid dienone is 1. The van der Waals surface area contributed by atoms with E-state index in [1.165, 1.54) is 11.0 Å². The van der Waals surface area contributed by atoms with Crippen LogP contribution in [-0.4, -0.2) is 115 Å². The van der Waals surface area contributed by atoms with E-state index in [0.717, 1.165) is 55.9 Å². The lowest BCUT2D eigenvalue weighted by atomic mass is 9.83. The number of hydrogen-bond donors (Lipinski definition) is 3. The fraction of sp³-hybridized carbons (Fsp3) is 0.605. The molecule has 2 aromatic rings. The molecule has 2 saturated heterocycles. The first-order chi connectivity index (χ1) is 28.5. The molecule has 5 heterocycles. The molecule has 0 spiro atoms. The Labute approximate surface area is 345 Å². The summed E-state index contributed by atoms with van der Waals surface area (Å²) in [6.07, 6.45) is 13.4. The number of carbonyl (C=O) groups is 4. The molecular weight excluding hydrogens is 777 g/mol. The molecule has 4 aliphatic heterocycles. The molecule has 318 valence electrons.